The zero-order valence-corrected chi connectivity index (χ0v) is 9.28. The average Bonchev–Trinajstić information content (AvgIpc) is 2.63. The van der Waals surface area contributed by atoms with Crippen molar-refractivity contribution in [3.8, 4) is 0 Å². The lowest BCUT2D eigenvalue weighted by Gasteiger charge is -2.06. The number of hydrogen-bond acceptors (Lipinski definition) is 4. The lowest BCUT2D eigenvalue weighted by Crippen LogP contribution is -2.20. The van der Waals surface area contributed by atoms with Crippen molar-refractivity contribution in [2.75, 3.05) is 0 Å². The van der Waals surface area contributed by atoms with E-state index in [0.29, 0.717) is 16.7 Å². The van der Waals surface area contributed by atoms with Gasteiger partial charge in [-0.1, -0.05) is 19.1 Å². The Morgan fingerprint density at radius 3 is 2.76 bits per heavy atom. The first-order chi connectivity index (χ1) is 8.13. The van der Waals surface area contributed by atoms with Crippen molar-refractivity contribution in [3.05, 3.63) is 34.9 Å². The Kier molecular flexibility index (Phi) is 2.91. The van der Waals surface area contributed by atoms with E-state index in [1.54, 1.807) is 25.1 Å². The highest BCUT2D eigenvalue weighted by Crippen LogP contribution is 2.20. The maximum Gasteiger partial charge on any atom is 0.305 e. The molecule has 1 aromatic carbocycles. The summed E-state index contributed by atoms with van der Waals surface area (Å²) in [5, 5.41) is 2.21. The molecule has 5 nitrogen and oxygen atoms in total. The number of esters is 1. The van der Waals surface area contributed by atoms with Crippen molar-refractivity contribution < 1.29 is 19.1 Å². The second-order valence-corrected chi connectivity index (χ2v) is 3.64. The molecule has 0 saturated carbocycles. The van der Waals surface area contributed by atoms with Gasteiger partial charge in [-0.15, -0.1) is 0 Å². The van der Waals surface area contributed by atoms with Crippen molar-refractivity contribution in [3.63, 3.8) is 0 Å². The van der Waals surface area contributed by atoms with E-state index in [1.165, 1.54) is 0 Å². The molecule has 0 spiro atoms. The van der Waals surface area contributed by atoms with E-state index in [9.17, 15) is 14.4 Å². The van der Waals surface area contributed by atoms with Gasteiger partial charge in [0.15, 0.2) is 0 Å². The summed E-state index contributed by atoms with van der Waals surface area (Å²) < 4.78 is 4.96. The largest absolute Gasteiger partial charge is 0.461 e. The minimum absolute atomic E-state index is 0.0105. The van der Waals surface area contributed by atoms with Crippen molar-refractivity contribution in [2.45, 2.75) is 20.0 Å². The van der Waals surface area contributed by atoms with Crippen molar-refractivity contribution in [1.82, 2.24) is 5.32 Å². The van der Waals surface area contributed by atoms with E-state index in [2.05, 4.69) is 5.32 Å². The first-order valence-electron chi connectivity index (χ1n) is 5.26. The van der Waals surface area contributed by atoms with Gasteiger partial charge < -0.3 is 4.74 Å². The molecule has 0 unspecified atom stereocenters. The van der Waals surface area contributed by atoms with E-state index in [0.717, 1.165) is 0 Å². The molecule has 2 amide bonds. The highest BCUT2D eigenvalue weighted by molar-refractivity contribution is 6.22. The number of fused-ring (bicyclic) bond motifs is 1. The van der Waals surface area contributed by atoms with Crippen LogP contribution in [-0.2, 0) is 16.1 Å². The van der Waals surface area contributed by atoms with Crippen LogP contribution < -0.4 is 5.32 Å². The summed E-state index contributed by atoms with van der Waals surface area (Å²) >= 11 is 0. The first-order valence-corrected chi connectivity index (χ1v) is 5.26. The molecule has 0 radical (unpaired) electrons. The summed E-state index contributed by atoms with van der Waals surface area (Å²) in [4.78, 5) is 34.0. The number of amides is 2. The fourth-order valence-corrected chi connectivity index (χ4v) is 1.67. The number of benzene rings is 1. The molecule has 5 heteroatoms. The lowest BCUT2D eigenvalue weighted by molar-refractivity contribution is -0.144. The number of ether oxygens (including phenoxy) is 1. The van der Waals surface area contributed by atoms with E-state index in [-0.39, 0.29) is 19.0 Å². The van der Waals surface area contributed by atoms with Crippen LogP contribution in [0.4, 0.5) is 0 Å². The number of carbonyl (C=O) groups excluding carboxylic acids is 3. The molecular formula is C12H11NO4. The summed E-state index contributed by atoms with van der Waals surface area (Å²) in [5.74, 6) is -1.19. The van der Waals surface area contributed by atoms with Gasteiger partial charge in [0.1, 0.15) is 6.61 Å². The Balaban J connectivity index is 2.28. The highest BCUT2D eigenvalue weighted by Gasteiger charge is 2.29. The molecule has 0 saturated heterocycles. The van der Waals surface area contributed by atoms with Gasteiger partial charge in [-0.2, -0.15) is 0 Å². The Hall–Kier alpha value is -2.17. The topological polar surface area (TPSA) is 72.5 Å². The Labute approximate surface area is 97.8 Å². The molecule has 1 aromatic rings. The normalized spacial score (nSPS) is 13.2. The fraction of sp³-hybridized carbons (Fsp3) is 0.250. The summed E-state index contributed by atoms with van der Waals surface area (Å²) in [5.41, 5.74) is 1.19. The smallest absolute Gasteiger partial charge is 0.305 e. The minimum atomic E-state index is -0.437. The molecule has 0 aliphatic carbocycles. The molecule has 0 aromatic heterocycles. The summed E-state index contributed by atoms with van der Waals surface area (Å²) in [7, 11) is 0. The van der Waals surface area contributed by atoms with Crippen LogP contribution in [0.3, 0.4) is 0 Å². The zero-order valence-electron chi connectivity index (χ0n) is 9.28. The van der Waals surface area contributed by atoms with Crippen molar-refractivity contribution in [2.24, 2.45) is 0 Å². The summed E-state index contributed by atoms with van der Waals surface area (Å²) in [6.45, 7) is 1.70. The molecule has 1 aliphatic heterocycles. The van der Waals surface area contributed by atoms with Gasteiger partial charge >= 0.3 is 5.97 Å². The molecule has 1 heterocycles. The van der Waals surface area contributed by atoms with Crippen LogP contribution in [0.1, 0.15) is 39.6 Å². The van der Waals surface area contributed by atoms with Gasteiger partial charge in [0.25, 0.3) is 11.8 Å². The van der Waals surface area contributed by atoms with Crippen molar-refractivity contribution in [1.29, 1.82) is 0 Å². The van der Waals surface area contributed by atoms with Gasteiger partial charge in [0, 0.05) is 12.0 Å². The standard InChI is InChI=1S/C12H11NO4/c1-2-9(14)17-6-7-4-3-5-8-10(7)12(16)13-11(8)15/h3-5H,2,6H2,1H3,(H,13,15,16). The number of carbonyl (C=O) groups is 3. The summed E-state index contributed by atoms with van der Waals surface area (Å²) in [6.07, 6.45) is 0.278. The second kappa shape index (κ2) is 4.37. The average molecular weight is 233 g/mol. The quantitative estimate of drug-likeness (QED) is 0.625. The predicted octanol–water partition coefficient (Wildman–Crippen LogP) is 1.02. The third-order valence-corrected chi connectivity index (χ3v) is 2.53. The van der Waals surface area contributed by atoms with Gasteiger partial charge in [0.2, 0.25) is 0 Å². The first kappa shape index (κ1) is 11.3. The van der Waals surface area contributed by atoms with Crippen molar-refractivity contribution >= 4 is 17.8 Å². The fourth-order valence-electron chi connectivity index (χ4n) is 1.67. The molecular weight excluding hydrogens is 222 g/mol. The van der Waals surface area contributed by atoms with Crippen LogP contribution in [0.5, 0.6) is 0 Å². The Bertz CT molecular complexity index is 507. The van der Waals surface area contributed by atoms with Gasteiger partial charge in [0.05, 0.1) is 11.1 Å². The molecule has 0 atom stereocenters. The third-order valence-electron chi connectivity index (χ3n) is 2.53. The number of rotatable bonds is 3. The van der Waals surface area contributed by atoms with Crippen LogP contribution in [0.25, 0.3) is 0 Å². The van der Waals surface area contributed by atoms with Crippen LogP contribution >= 0.6 is 0 Å². The molecule has 1 aliphatic rings. The van der Waals surface area contributed by atoms with Gasteiger partial charge in [-0.3, -0.25) is 19.7 Å². The predicted molar refractivity (Wildman–Crippen MR) is 58.3 cm³/mol. The molecule has 0 fully saturated rings. The van der Waals surface area contributed by atoms with E-state index in [1.807, 2.05) is 0 Å². The van der Waals surface area contributed by atoms with E-state index < -0.39 is 11.8 Å². The minimum Gasteiger partial charge on any atom is -0.461 e. The molecule has 0 bridgehead atoms. The van der Waals surface area contributed by atoms with E-state index >= 15 is 0 Å². The van der Waals surface area contributed by atoms with Crippen LogP contribution in [0.2, 0.25) is 0 Å². The van der Waals surface area contributed by atoms with E-state index in [4.69, 9.17) is 4.74 Å². The monoisotopic (exact) mass is 233 g/mol. The molecule has 17 heavy (non-hydrogen) atoms. The van der Waals surface area contributed by atoms with Gasteiger partial charge in [-0.25, -0.2) is 0 Å². The molecule has 1 N–H and O–H groups in total. The van der Waals surface area contributed by atoms with Gasteiger partial charge in [-0.05, 0) is 6.07 Å². The zero-order chi connectivity index (χ0) is 12.4. The van der Waals surface area contributed by atoms with Crippen LogP contribution in [0, 0.1) is 0 Å². The van der Waals surface area contributed by atoms with Crippen LogP contribution in [0.15, 0.2) is 18.2 Å². The Morgan fingerprint density at radius 2 is 2.06 bits per heavy atom. The maximum atomic E-state index is 11.5. The number of hydrogen-bond donors (Lipinski definition) is 1. The van der Waals surface area contributed by atoms with Crippen LogP contribution in [-0.4, -0.2) is 17.8 Å². The Morgan fingerprint density at radius 1 is 1.29 bits per heavy atom. The number of nitrogens with one attached hydrogen (secondary N) is 1. The lowest BCUT2D eigenvalue weighted by atomic mass is 10.0. The molecule has 88 valence electrons. The maximum absolute atomic E-state index is 11.5. The summed E-state index contributed by atoms with van der Waals surface area (Å²) in [6, 6.07) is 4.90. The SMILES string of the molecule is CCC(=O)OCc1cccc2c1C(=O)NC2=O. The second-order valence-electron chi connectivity index (χ2n) is 3.64. The number of imide groups is 1. The third kappa shape index (κ3) is 2.04. The molecule has 2 rings (SSSR count). The highest BCUT2D eigenvalue weighted by atomic mass is 16.5.